The SMILES string of the molecule is C/C=C\C(=C/C)c1ccc(N(c2ccc(-c3ccccc3)cc2)c2ccc(-c3cc4c5ccccc5n(-c5ccccc5)c4c4c3sc3ccccc34)cc2)cc1.CC.[HH]. The Balaban J connectivity index is 0.00000164. The summed E-state index contributed by atoms with van der Waals surface area (Å²) in [6, 6.07) is 68.5. The highest BCUT2D eigenvalue weighted by molar-refractivity contribution is 7.26. The van der Waals surface area contributed by atoms with Crippen LogP contribution in [0.1, 0.15) is 34.7 Å². The smallest absolute Gasteiger partial charge is 0.0634 e. The Bertz CT molecular complexity index is 3100. The summed E-state index contributed by atoms with van der Waals surface area (Å²) in [5.74, 6) is 0. The molecule has 0 aliphatic rings. The molecule has 0 saturated carbocycles. The lowest BCUT2D eigenvalue weighted by Crippen LogP contribution is -2.10. The van der Waals surface area contributed by atoms with Crippen LogP contribution in [0.5, 0.6) is 0 Å². The van der Waals surface area contributed by atoms with Crippen molar-refractivity contribution in [2.75, 3.05) is 4.90 Å². The Kier molecular flexibility index (Phi) is 10.5. The van der Waals surface area contributed by atoms with Crippen molar-refractivity contribution in [1.82, 2.24) is 4.57 Å². The molecular weight excluding hydrogens is 733 g/mol. The van der Waals surface area contributed by atoms with Gasteiger partial charge < -0.3 is 9.47 Å². The molecule has 0 unspecified atom stereocenters. The van der Waals surface area contributed by atoms with Gasteiger partial charge in [0.1, 0.15) is 0 Å². The minimum absolute atomic E-state index is 0. The van der Waals surface area contributed by atoms with Gasteiger partial charge in [-0.3, -0.25) is 0 Å². The normalized spacial score (nSPS) is 11.8. The molecule has 0 radical (unpaired) electrons. The van der Waals surface area contributed by atoms with Crippen molar-refractivity contribution in [1.29, 1.82) is 0 Å². The number of benzene rings is 8. The molecule has 2 nitrogen and oxygen atoms in total. The second-order valence-corrected chi connectivity index (χ2v) is 15.4. The van der Waals surface area contributed by atoms with Crippen molar-refractivity contribution in [2.45, 2.75) is 27.7 Å². The number of hydrogen-bond acceptors (Lipinski definition) is 2. The van der Waals surface area contributed by atoms with E-state index in [-0.39, 0.29) is 1.43 Å². The standard InChI is InChI=1S/C54H40N2S.C2H6.H2/c1-3-15-37(4-2)39-24-30-43(31-25-39)55(44-32-26-40(27-33-44)38-16-7-5-8-17-38)45-34-28-41(29-35-45)48-36-49-46-20-11-13-22-50(46)56(42-18-9-6-10-19-42)53(49)52-47-21-12-14-23-51(47)57-54(48)52;1-2;/h3-36H,1-2H3;1-2H3;1H/b15-3-,37-4+;;. The van der Waals surface area contributed by atoms with Gasteiger partial charge in [-0.15, -0.1) is 11.3 Å². The molecule has 10 rings (SSSR count). The first-order valence-corrected chi connectivity index (χ1v) is 21.4. The van der Waals surface area contributed by atoms with Gasteiger partial charge in [0.25, 0.3) is 0 Å². The summed E-state index contributed by atoms with van der Waals surface area (Å²) in [7, 11) is 0. The van der Waals surface area contributed by atoms with Gasteiger partial charge in [-0.1, -0.05) is 153 Å². The predicted octanol–water partition coefficient (Wildman–Crippen LogP) is 17.2. The van der Waals surface area contributed by atoms with E-state index in [9.17, 15) is 0 Å². The first-order chi connectivity index (χ1) is 29.2. The number of rotatable bonds is 8. The van der Waals surface area contributed by atoms with E-state index >= 15 is 0 Å². The molecule has 0 atom stereocenters. The molecule has 59 heavy (non-hydrogen) atoms. The maximum absolute atomic E-state index is 2.46. The molecular formula is C56H48N2S. The Morgan fingerprint density at radius 1 is 0.542 bits per heavy atom. The Morgan fingerprint density at radius 3 is 1.73 bits per heavy atom. The third-order valence-electron chi connectivity index (χ3n) is 11.1. The zero-order valence-corrected chi connectivity index (χ0v) is 34.7. The van der Waals surface area contributed by atoms with Crippen LogP contribution in [-0.4, -0.2) is 4.57 Å². The van der Waals surface area contributed by atoms with Crippen molar-refractivity contribution < 1.29 is 1.43 Å². The molecule has 0 bridgehead atoms. The van der Waals surface area contributed by atoms with E-state index in [2.05, 4.69) is 230 Å². The zero-order valence-electron chi connectivity index (χ0n) is 33.9. The van der Waals surface area contributed by atoms with Crippen LogP contribution >= 0.6 is 11.3 Å². The second kappa shape index (κ2) is 16.5. The summed E-state index contributed by atoms with van der Waals surface area (Å²) < 4.78 is 5.07. The van der Waals surface area contributed by atoms with Crippen LogP contribution in [0.4, 0.5) is 17.1 Å². The summed E-state index contributed by atoms with van der Waals surface area (Å²) in [6.45, 7) is 8.16. The molecule has 0 aliphatic carbocycles. The maximum Gasteiger partial charge on any atom is 0.0634 e. The predicted molar refractivity (Wildman–Crippen MR) is 261 cm³/mol. The topological polar surface area (TPSA) is 8.17 Å². The lowest BCUT2D eigenvalue weighted by atomic mass is 9.98. The molecule has 0 aliphatic heterocycles. The quantitative estimate of drug-likeness (QED) is 0.139. The molecule has 10 aromatic rings. The average Bonchev–Trinajstić information content (AvgIpc) is 3.86. The number of fused-ring (bicyclic) bond motifs is 7. The van der Waals surface area contributed by atoms with Gasteiger partial charge in [0.15, 0.2) is 0 Å². The summed E-state index contributed by atoms with van der Waals surface area (Å²) in [5, 5.41) is 5.13. The number of hydrogen-bond donors (Lipinski definition) is 0. The first kappa shape index (κ1) is 37.6. The highest BCUT2D eigenvalue weighted by Crippen LogP contribution is 2.48. The van der Waals surface area contributed by atoms with E-state index in [1.54, 1.807) is 0 Å². The number of allylic oxidation sites excluding steroid dienone is 4. The van der Waals surface area contributed by atoms with Gasteiger partial charge in [0.05, 0.1) is 11.0 Å². The first-order valence-electron chi connectivity index (χ1n) is 20.6. The average molecular weight is 781 g/mol. The third-order valence-corrected chi connectivity index (χ3v) is 12.3. The lowest BCUT2D eigenvalue weighted by Gasteiger charge is -2.26. The number of aromatic nitrogens is 1. The fourth-order valence-electron chi connectivity index (χ4n) is 8.41. The van der Waals surface area contributed by atoms with Crippen molar-refractivity contribution in [3.63, 3.8) is 0 Å². The van der Waals surface area contributed by atoms with Gasteiger partial charge >= 0.3 is 0 Å². The molecule has 8 aromatic carbocycles. The van der Waals surface area contributed by atoms with Gasteiger partial charge in [0, 0.05) is 60.7 Å². The van der Waals surface area contributed by atoms with Gasteiger partial charge in [0.2, 0.25) is 0 Å². The van der Waals surface area contributed by atoms with E-state index in [0.717, 1.165) is 17.1 Å². The largest absolute Gasteiger partial charge is 0.311 e. The van der Waals surface area contributed by atoms with Crippen LogP contribution in [-0.2, 0) is 0 Å². The highest BCUT2D eigenvalue weighted by Gasteiger charge is 2.22. The lowest BCUT2D eigenvalue weighted by molar-refractivity contribution is 1.19. The fraction of sp³-hybridized carbons (Fsp3) is 0.0714. The van der Waals surface area contributed by atoms with E-state index in [4.69, 9.17) is 0 Å². The van der Waals surface area contributed by atoms with E-state index in [1.165, 1.54) is 81.1 Å². The van der Waals surface area contributed by atoms with Crippen molar-refractivity contribution in [3.05, 3.63) is 212 Å². The van der Waals surface area contributed by atoms with Gasteiger partial charge in [-0.05, 0) is 108 Å². The molecule has 0 saturated heterocycles. The number of thiophene rings is 1. The number of para-hydroxylation sites is 2. The van der Waals surface area contributed by atoms with Gasteiger partial charge in [-0.25, -0.2) is 0 Å². The van der Waals surface area contributed by atoms with E-state index in [0.29, 0.717) is 0 Å². The van der Waals surface area contributed by atoms with E-state index < -0.39 is 0 Å². The highest BCUT2D eigenvalue weighted by atomic mass is 32.1. The van der Waals surface area contributed by atoms with Crippen LogP contribution in [0.2, 0.25) is 0 Å². The minimum atomic E-state index is 0. The monoisotopic (exact) mass is 780 g/mol. The molecule has 0 fully saturated rings. The third kappa shape index (κ3) is 6.84. The van der Waals surface area contributed by atoms with Gasteiger partial charge in [-0.2, -0.15) is 0 Å². The number of nitrogens with zero attached hydrogens (tertiary/aromatic N) is 2. The molecule has 2 aromatic heterocycles. The summed E-state index contributed by atoms with van der Waals surface area (Å²) >= 11 is 1.89. The maximum atomic E-state index is 2.46. The van der Waals surface area contributed by atoms with Crippen LogP contribution in [0.15, 0.2) is 206 Å². The molecule has 0 amide bonds. The Morgan fingerprint density at radius 2 is 1.08 bits per heavy atom. The molecule has 0 N–H and O–H groups in total. The van der Waals surface area contributed by atoms with Crippen LogP contribution in [0.3, 0.4) is 0 Å². The molecule has 288 valence electrons. The fourth-order valence-corrected chi connectivity index (χ4v) is 9.65. The van der Waals surface area contributed by atoms with Crippen LogP contribution in [0.25, 0.3) is 75.5 Å². The van der Waals surface area contributed by atoms with Crippen molar-refractivity contribution >= 4 is 76.0 Å². The minimum Gasteiger partial charge on any atom is -0.311 e. The van der Waals surface area contributed by atoms with Crippen molar-refractivity contribution in [3.8, 4) is 27.9 Å². The zero-order chi connectivity index (χ0) is 40.3. The number of anilines is 3. The molecule has 2 heterocycles. The molecule has 3 heteroatoms. The Labute approximate surface area is 352 Å². The van der Waals surface area contributed by atoms with Crippen LogP contribution in [0, 0.1) is 0 Å². The summed E-state index contributed by atoms with van der Waals surface area (Å²) in [5.41, 5.74) is 14.3. The Hall–Kier alpha value is -6.94. The second-order valence-electron chi connectivity index (χ2n) is 14.4. The van der Waals surface area contributed by atoms with Crippen LogP contribution < -0.4 is 4.90 Å². The van der Waals surface area contributed by atoms with E-state index in [1.807, 2.05) is 25.2 Å². The summed E-state index contributed by atoms with van der Waals surface area (Å²) in [6.07, 6.45) is 6.42. The summed E-state index contributed by atoms with van der Waals surface area (Å²) in [4.78, 5) is 2.36. The van der Waals surface area contributed by atoms with Crippen molar-refractivity contribution in [2.24, 2.45) is 0 Å². The molecule has 0 spiro atoms.